The van der Waals surface area contributed by atoms with Gasteiger partial charge in [0.1, 0.15) is 23.0 Å². The van der Waals surface area contributed by atoms with Crippen LogP contribution in [0.4, 0.5) is 5.69 Å². The average Bonchev–Trinajstić information content (AvgIpc) is 2.97. The van der Waals surface area contributed by atoms with Gasteiger partial charge >= 0.3 is 0 Å². The topological polar surface area (TPSA) is 72.9 Å². The number of ether oxygens (including phenoxy) is 2. The van der Waals surface area contributed by atoms with Crippen molar-refractivity contribution in [2.45, 2.75) is 5.37 Å². The lowest BCUT2D eigenvalue weighted by Gasteiger charge is -2.24. The summed E-state index contributed by atoms with van der Waals surface area (Å²) in [6, 6.07) is 22.8. The van der Waals surface area contributed by atoms with Crippen LogP contribution >= 0.6 is 0 Å². The van der Waals surface area contributed by atoms with E-state index in [1.54, 1.807) is 48.5 Å². The van der Waals surface area contributed by atoms with Gasteiger partial charge in [0.05, 0.1) is 7.11 Å². The van der Waals surface area contributed by atoms with Gasteiger partial charge < -0.3 is 9.47 Å². The molecule has 6 nitrogen and oxygen atoms in total. The first kappa shape index (κ1) is 19.0. The number of benzene rings is 3. The number of anilines is 1. The second-order valence-electron chi connectivity index (χ2n) is 6.61. The Labute approximate surface area is 169 Å². The molecule has 0 aliphatic carbocycles. The van der Waals surface area contributed by atoms with E-state index in [1.807, 2.05) is 30.3 Å². The van der Waals surface area contributed by atoms with E-state index in [4.69, 9.17) is 9.47 Å². The molecule has 0 unspecified atom stereocenters. The number of hydrogen-bond acceptors (Lipinski definition) is 5. The van der Waals surface area contributed by atoms with Crippen molar-refractivity contribution in [2.75, 3.05) is 17.8 Å². The molecule has 7 heteroatoms. The zero-order valence-corrected chi connectivity index (χ0v) is 16.5. The molecule has 1 fully saturated rings. The third-order valence-corrected chi connectivity index (χ3v) is 6.48. The van der Waals surface area contributed by atoms with Crippen LogP contribution in [0, 0.1) is 0 Å². The fourth-order valence-corrected chi connectivity index (χ4v) is 5.09. The second kappa shape index (κ2) is 7.60. The quantitative estimate of drug-likeness (QED) is 0.638. The minimum atomic E-state index is -3.66. The maximum Gasteiger partial charge on any atom is 0.243 e. The molecule has 4 rings (SSSR count). The number of carbonyl (C=O) groups is 1. The molecule has 29 heavy (non-hydrogen) atoms. The Morgan fingerprint density at radius 3 is 2.03 bits per heavy atom. The normalized spacial score (nSPS) is 17.9. The summed E-state index contributed by atoms with van der Waals surface area (Å²) in [5.41, 5.74) is 1.01. The molecule has 0 bridgehead atoms. The first-order valence-corrected chi connectivity index (χ1v) is 10.7. The maximum absolute atomic E-state index is 12.7. The van der Waals surface area contributed by atoms with Gasteiger partial charge in [0.25, 0.3) is 0 Å². The Bertz CT molecular complexity index is 1110. The Kier molecular flexibility index (Phi) is 4.98. The molecule has 148 valence electrons. The summed E-state index contributed by atoms with van der Waals surface area (Å²) < 4.78 is 36.3. The molecule has 0 N–H and O–H groups in total. The fourth-order valence-electron chi connectivity index (χ4n) is 3.32. The molecule has 0 radical (unpaired) electrons. The summed E-state index contributed by atoms with van der Waals surface area (Å²) in [6.45, 7) is 0. The number of carbonyl (C=O) groups excluding carboxylic acids is 1. The minimum Gasteiger partial charge on any atom is -0.497 e. The summed E-state index contributed by atoms with van der Waals surface area (Å²) >= 11 is 0. The minimum absolute atomic E-state index is 0.456. The number of methoxy groups -OCH3 is 1. The highest BCUT2D eigenvalue weighted by Crippen LogP contribution is 2.38. The van der Waals surface area contributed by atoms with Crippen LogP contribution in [-0.4, -0.2) is 27.2 Å². The van der Waals surface area contributed by atoms with Crippen LogP contribution < -0.4 is 14.4 Å². The van der Waals surface area contributed by atoms with Crippen LogP contribution in [0.25, 0.3) is 0 Å². The summed E-state index contributed by atoms with van der Waals surface area (Å²) in [7, 11) is -2.12. The molecule has 1 saturated heterocycles. The van der Waals surface area contributed by atoms with Gasteiger partial charge in [0.15, 0.2) is 15.2 Å². The number of nitrogens with zero attached hydrogens (tertiary/aromatic N) is 1. The number of hydrogen-bond donors (Lipinski definition) is 0. The van der Waals surface area contributed by atoms with Gasteiger partial charge in [-0.1, -0.05) is 30.3 Å². The number of rotatable bonds is 5. The van der Waals surface area contributed by atoms with Crippen molar-refractivity contribution < 1.29 is 22.7 Å². The van der Waals surface area contributed by atoms with Crippen LogP contribution in [-0.2, 0) is 14.6 Å². The largest absolute Gasteiger partial charge is 0.497 e. The second-order valence-corrected chi connectivity index (χ2v) is 8.67. The Morgan fingerprint density at radius 2 is 1.41 bits per heavy atom. The average molecular weight is 409 g/mol. The molecule has 0 spiro atoms. The summed E-state index contributed by atoms with van der Waals surface area (Å²) in [4.78, 5) is 13.9. The standard InChI is InChI=1S/C22H19NO5S/c1-27-18-11-7-16(8-12-18)22-23(21(24)15-29(22,25)26)17-9-13-20(14-10-17)28-19-5-3-2-4-6-19/h2-14,22H,15H2,1H3/t22-/m1/s1. The van der Waals surface area contributed by atoms with Crippen LogP contribution in [0.5, 0.6) is 17.2 Å². The van der Waals surface area contributed by atoms with E-state index < -0.39 is 26.9 Å². The van der Waals surface area contributed by atoms with Gasteiger partial charge in [0, 0.05) is 5.69 Å². The summed E-state index contributed by atoms with van der Waals surface area (Å²) in [5, 5.41) is -1.07. The van der Waals surface area contributed by atoms with Gasteiger partial charge in [-0.3, -0.25) is 9.69 Å². The van der Waals surface area contributed by atoms with E-state index in [2.05, 4.69) is 0 Å². The highest BCUT2D eigenvalue weighted by Gasteiger charge is 2.45. The highest BCUT2D eigenvalue weighted by molar-refractivity contribution is 7.93. The zero-order valence-electron chi connectivity index (χ0n) is 15.7. The molecule has 0 aromatic heterocycles. The lowest BCUT2D eigenvalue weighted by molar-refractivity contribution is -0.115. The van der Waals surface area contributed by atoms with Crippen molar-refractivity contribution in [1.82, 2.24) is 0 Å². The number of amides is 1. The van der Waals surface area contributed by atoms with Gasteiger partial charge in [-0.25, -0.2) is 8.42 Å². The molecule has 1 heterocycles. The van der Waals surface area contributed by atoms with Crippen molar-refractivity contribution in [3.05, 3.63) is 84.4 Å². The highest BCUT2D eigenvalue weighted by atomic mass is 32.2. The molecule has 3 aromatic carbocycles. The lowest BCUT2D eigenvalue weighted by Crippen LogP contribution is -2.29. The third-order valence-electron chi connectivity index (χ3n) is 4.66. The maximum atomic E-state index is 12.7. The van der Waals surface area contributed by atoms with Crippen molar-refractivity contribution in [2.24, 2.45) is 0 Å². The van der Waals surface area contributed by atoms with E-state index in [-0.39, 0.29) is 0 Å². The number of sulfone groups is 1. The van der Waals surface area contributed by atoms with Gasteiger partial charge in [0.2, 0.25) is 5.91 Å². The first-order valence-electron chi connectivity index (χ1n) is 8.98. The lowest BCUT2D eigenvalue weighted by atomic mass is 10.1. The SMILES string of the molecule is COc1ccc([C@@H]2N(c3ccc(Oc4ccccc4)cc3)C(=O)CS2(=O)=O)cc1. The smallest absolute Gasteiger partial charge is 0.243 e. The Morgan fingerprint density at radius 1 is 0.828 bits per heavy atom. The van der Waals surface area contributed by atoms with E-state index in [1.165, 1.54) is 12.0 Å². The fraction of sp³-hybridized carbons (Fsp3) is 0.136. The summed E-state index contributed by atoms with van der Waals surface area (Å²) in [6.07, 6.45) is 0. The van der Waals surface area contributed by atoms with E-state index in [0.717, 1.165) is 0 Å². The predicted octanol–water partition coefficient (Wildman–Crippen LogP) is 3.95. The Balaban J connectivity index is 1.65. The van der Waals surface area contributed by atoms with Crippen molar-refractivity contribution in [3.63, 3.8) is 0 Å². The zero-order chi connectivity index (χ0) is 20.4. The first-order chi connectivity index (χ1) is 14.0. The molecule has 1 aliphatic rings. The van der Waals surface area contributed by atoms with E-state index in [0.29, 0.717) is 28.5 Å². The van der Waals surface area contributed by atoms with Crippen LogP contribution in [0.15, 0.2) is 78.9 Å². The molecular weight excluding hydrogens is 390 g/mol. The molecule has 0 saturated carbocycles. The molecular formula is C22H19NO5S. The van der Waals surface area contributed by atoms with Crippen LogP contribution in [0.3, 0.4) is 0 Å². The van der Waals surface area contributed by atoms with Crippen LogP contribution in [0.2, 0.25) is 0 Å². The molecule has 3 aromatic rings. The van der Waals surface area contributed by atoms with Crippen molar-refractivity contribution in [3.8, 4) is 17.2 Å². The predicted molar refractivity (Wildman–Crippen MR) is 110 cm³/mol. The third kappa shape index (κ3) is 3.82. The number of para-hydroxylation sites is 1. The van der Waals surface area contributed by atoms with Gasteiger partial charge in [-0.2, -0.15) is 0 Å². The van der Waals surface area contributed by atoms with Gasteiger partial charge in [-0.05, 0) is 54.1 Å². The molecule has 1 atom stereocenters. The van der Waals surface area contributed by atoms with E-state index >= 15 is 0 Å². The molecule has 1 aliphatic heterocycles. The van der Waals surface area contributed by atoms with E-state index in [9.17, 15) is 13.2 Å². The van der Waals surface area contributed by atoms with Crippen molar-refractivity contribution in [1.29, 1.82) is 0 Å². The van der Waals surface area contributed by atoms with Crippen LogP contribution in [0.1, 0.15) is 10.9 Å². The monoisotopic (exact) mass is 409 g/mol. The molecule has 1 amide bonds. The Hall–Kier alpha value is -3.32. The van der Waals surface area contributed by atoms with Gasteiger partial charge in [-0.15, -0.1) is 0 Å². The summed E-state index contributed by atoms with van der Waals surface area (Å²) in [5.74, 6) is 0.921. The van der Waals surface area contributed by atoms with Crippen molar-refractivity contribution >= 4 is 21.4 Å².